The third-order valence-electron chi connectivity index (χ3n) is 2.94. The molecule has 96 valence electrons. The molecular weight excluding hydrogens is 210 g/mol. The lowest BCUT2D eigenvalue weighted by atomic mass is 10.0. The molecule has 1 atom stereocenters. The smallest absolute Gasteiger partial charge is 0.0543 e. The van der Waals surface area contributed by atoms with Gasteiger partial charge in [-0.2, -0.15) is 0 Å². The Morgan fingerprint density at radius 3 is 2.65 bits per heavy atom. The van der Waals surface area contributed by atoms with E-state index in [4.69, 9.17) is 0 Å². The number of nitrogens with zero attached hydrogens (tertiary/aromatic N) is 2. The van der Waals surface area contributed by atoms with Gasteiger partial charge in [-0.25, -0.2) is 0 Å². The number of hydrogen-bond acceptors (Lipinski definition) is 3. The maximum Gasteiger partial charge on any atom is 0.0543 e. The van der Waals surface area contributed by atoms with E-state index in [2.05, 4.69) is 49.1 Å². The Hall–Kier alpha value is -0.930. The van der Waals surface area contributed by atoms with E-state index in [9.17, 15) is 0 Å². The summed E-state index contributed by atoms with van der Waals surface area (Å²) in [4.78, 5) is 6.68. The summed E-state index contributed by atoms with van der Waals surface area (Å²) in [5, 5.41) is 3.54. The van der Waals surface area contributed by atoms with Crippen molar-refractivity contribution in [1.82, 2.24) is 15.2 Å². The normalized spacial score (nSPS) is 13.3. The third-order valence-corrected chi connectivity index (χ3v) is 2.94. The van der Waals surface area contributed by atoms with Crippen LogP contribution in [-0.2, 0) is 6.54 Å². The number of hydrogen-bond donors (Lipinski definition) is 1. The second kappa shape index (κ2) is 7.41. The van der Waals surface area contributed by atoms with E-state index in [1.54, 1.807) is 0 Å². The molecule has 1 aromatic rings. The number of aromatic nitrogens is 1. The molecule has 0 amide bonds. The van der Waals surface area contributed by atoms with Crippen molar-refractivity contribution >= 4 is 0 Å². The van der Waals surface area contributed by atoms with E-state index < -0.39 is 0 Å². The summed E-state index contributed by atoms with van der Waals surface area (Å²) in [6.45, 7) is 9.69. The summed E-state index contributed by atoms with van der Waals surface area (Å²) in [6, 6.07) is 6.63. The minimum Gasteiger partial charge on any atom is -0.313 e. The van der Waals surface area contributed by atoms with Crippen molar-refractivity contribution in [3.63, 3.8) is 0 Å². The van der Waals surface area contributed by atoms with E-state index in [1.165, 1.54) is 0 Å². The van der Waals surface area contributed by atoms with Gasteiger partial charge in [-0.05, 0) is 31.6 Å². The molecule has 0 fully saturated rings. The number of likely N-dealkylation sites (N-methyl/N-ethyl adjacent to an activating group) is 2. The molecule has 3 heteroatoms. The van der Waals surface area contributed by atoms with Gasteiger partial charge in [0.05, 0.1) is 5.69 Å². The van der Waals surface area contributed by atoms with Crippen LogP contribution in [0.5, 0.6) is 0 Å². The molecule has 0 bridgehead atoms. The molecule has 1 unspecified atom stereocenters. The zero-order valence-corrected chi connectivity index (χ0v) is 11.5. The van der Waals surface area contributed by atoms with Crippen molar-refractivity contribution in [2.24, 2.45) is 5.92 Å². The van der Waals surface area contributed by atoms with Crippen molar-refractivity contribution < 1.29 is 0 Å². The van der Waals surface area contributed by atoms with Crippen LogP contribution in [0.1, 0.15) is 26.5 Å². The fourth-order valence-electron chi connectivity index (χ4n) is 1.94. The van der Waals surface area contributed by atoms with Crippen molar-refractivity contribution in [1.29, 1.82) is 0 Å². The molecular formula is C14H25N3. The SMILES string of the molecule is CCNC(CN(C)Cc1ccccn1)C(C)C. The lowest BCUT2D eigenvalue weighted by Crippen LogP contribution is -2.42. The van der Waals surface area contributed by atoms with Gasteiger partial charge >= 0.3 is 0 Å². The van der Waals surface area contributed by atoms with Gasteiger partial charge in [-0.1, -0.05) is 26.8 Å². The van der Waals surface area contributed by atoms with E-state index in [0.717, 1.165) is 25.3 Å². The average Bonchev–Trinajstić information content (AvgIpc) is 2.29. The quantitative estimate of drug-likeness (QED) is 0.785. The van der Waals surface area contributed by atoms with Gasteiger partial charge in [0.15, 0.2) is 0 Å². The van der Waals surface area contributed by atoms with Gasteiger partial charge < -0.3 is 5.32 Å². The van der Waals surface area contributed by atoms with E-state index in [-0.39, 0.29) is 0 Å². The molecule has 0 aliphatic rings. The Morgan fingerprint density at radius 2 is 2.12 bits per heavy atom. The first-order valence-electron chi connectivity index (χ1n) is 6.45. The highest BCUT2D eigenvalue weighted by Crippen LogP contribution is 2.05. The first kappa shape index (κ1) is 14.1. The predicted molar refractivity (Wildman–Crippen MR) is 72.9 cm³/mol. The highest BCUT2D eigenvalue weighted by atomic mass is 15.1. The molecule has 0 aromatic carbocycles. The maximum atomic E-state index is 4.35. The Bertz CT molecular complexity index is 298. The third kappa shape index (κ3) is 5.29. The van der Waals surface area contributed by atoms with Crippen LogP contribution in [0.4, 0.5) is 0 Å². The largest absolute Gasteiger partial charge is 0.313 e. The molecule has 1 heterocycles. The van der Waals surface area contributed by atoms with Crippen LogP contribution in [0.3, 0.4) is 0 Å². The summed E-state index contributed by atoms with van der Waals surface area (Å²) in [6.07, 6.45) is 1.85. The summed E-state index contributed by atoms with van der Waals surface area (Å²) in [7, 11) is 2.15. The fourth-order valence-corrected chi connectivity index (χ4v) is 1.94. The van der Waals surface area contributed by atoms with Crippen LogP contribution in [0.2, 0.25) is 0 Å². The molecule has 0 saturated heterocycles. The number of pyridine rings is 1. The second-order valence-electron chi connectivity index (χ2n) is 4.93. The summed E-state index contributed by atoms with van der Waals surface area (Å²) in [5.41, 5.74) is 1.13. The lowest BCUT2D eigenvalue weighted by molar-refractivity contribution is 0.248. The molecule has 1 aromatic heterocycles. The Labute approximate surface area is 105 Å². The van der Waals surface area contributed by atoms with Gasteiger partial charge in [-0.3, -0.25) is 9.88 Å². The fraction of sp³-hybridized carbons (Fsp3) is 0.643. The second-order valence-corrected chi connectivity index (χ2v) is 4.93. The monoisotopic (exact) mass is 235 g/mol. The summed E-state index contributed by atoms with van der Waals surface area (Å²) in [5.74, 6) is 0.654. The van der Waals surface area contributed by atoms with Crippen LogP contribution in [0.15, 0.2) is 24.4 Å². The van der Waals surface area contributed by atoms with Crippen LogP contribution in [-0.4, -0.2) is 36.1 Å². The van der Waals surface area contributed by atoms with Crippen molar-refractivity contribution in [2.75, 3.05) is 20.1 Å². The van der Waals surface area contributed by atoms with Gasteiger partial charge in [0.25, 0.3) is 0 Å². The molecule has 3 nitrogen and oxygen atoms in total. The van der Waals surface area contributed by atoms with E-state index in [1.807, 2.05) is 18.3 Å². The Morgan fingerprint density at radius 1 is 1.35 bits per heavy atom. The average molecular weight is 235 g/mol. The molecule has 0 spiro atoms. The van der Waals surface area contributed by atoms with Gasteiger partial charge in [-0.15, -0.1) is 0 Å². The van der Waals surface area contributed by atoms with Crippen molar-refractivity contribution in [3.8, 4) is 0 Å². The molecule has 1 rings (SSSR count). The van der Waals surface area contributed by atoms with Crippen LogP contribution in [0.25, 0.3) is 0 Å². The minimum atomic E-state index is 0.550. The Balaban J connectivity index is 2.44. The van der Waals surface area contributed by atoms with Crippen molar-refractivity contribution in [2.45, 2.75) is 33.4 Å². The Kier molecular flexibility index (Phi) is 6.16. The van der Waals surface area contributed by atoms with Gasteiger partial charge in [0.2, 0.25) is 0 Å². The number of rotatable bonds is 7. The molecule has 0 radical (unpaired) electrons. The molecule has 17 heavy (non-hydrogen) atoms. The highest BCUT2D eigenvalue weighted by Gasteiger charge is 2.14. The topological polar surface area (TPSA) is 28.2 Å². The zero-order chi connectivity index (χ0) is 12.7. The minimum absolute atomic E-state index is 0.550. The highest BCUT2D eigenvalue weighted by molar-refractivity contribution is 5.03. The van der Waals surface area contributed by atoms with Crippen LogP contribution in [0, 0.1) is 5.92 Å². The first-order valence-corrected chi connectivity index (χ1v) is 6.45. The van der Waals surface area contributed by atoms with E-state index >= 15 is 0 Å². The van der Waals surface area contributed by atoms with Crippen LogP contribution >= 0.6 is 0 Å². The molecule has 1 N–H and O–H groups in total. The zero-order valence-electron chi connectivity index (χ0n) is 11.5. The van der Waals surface area contributed by atoms with Gasteiger partial charge in [0, 0.05) is 25.3 Å². The lowest BCUT2D eigenvalue weighted by Gasteiger charge is -2.27. The summed E-state index contributed by atoms with van der Waals surface area (Å²) >= 11 is 0. The van der Waals surface area contributed by atoms with Crippen LogP contribution < -0.4 is 5.32 Å². The number of nitrogens with one attached hydrogen (secondary N) is 1. The summed E-state index contributed by atoms with van der Waals surface area (Å²) < 4.78 is 0. The van der Waals surface area contributed by atoms with Gasteiger partial charge in [0.1, 0.15) is 0 Å². The van der Waals surface area contributed by atoms with E-state index in [0.29, 0.717) is 12.0 Å². The standard InChI is InChI=1S/C14H25N3/c1-5-15-14(12(2)3)11-17(4)10-13-8-6-7-9-16-13/h6-9,12,14-15H,5,10-11H2,1-4H3. The molecule has 0 aliphatic heterocycles. The first-order chi connectivity index (χ1) is 8.13. The van der Waals surface area contributed by atoms with Crippen molar-refractivity contribution in [3.05, 3.63) is 30.1 Å². The molecule has 0 saturated carbocycles. The maximum absolute atomic E-state index is 4.35. The predicted octanol–water partition coefficient (Wildman–Crippen LogP) is 2.15. The molecule has 0 aliphatic carbocycles.